The molecule has 0 radical (unpaired) electrons. The maximum absolute atomic E-state index is 11.1. The first-order valence-corrected chi connectivity index (χ1v) is 7.04. The summed E-state index contributed by atoms with van der Waals surface area (Å²) in [4.78, 5) is 11.1. The second kappa shape index (κ2) is 7.99. The average molecular weight is 285 g/mol. The zero-order valence-corrected chi connectivity index (χ0v) is 12.1. The molecule has 0 aliphatic heterocycles. The summed E-state index contributed by atoms with van der Waals surface area (Å²) in [5.74, 6) is -0.301. The first kappa shape index (κ1) is 15.0. The second-order valence-corrected chi connectivity index (χ2v) is 4.59. The minimum absolute atomic E-state index is 0.301. The number of nitrogens with zero attached hydrogens (tertiary/aromatic N) is 3. The Morgan fingerprint density at radius 1 is 1.33 bits per heavy atom. The Kier molecular flexibility index (Phi) is 5.70. The minimum atomic E-state index is -0.301. The lowest BCUT2D eigenvalue weighted by atomic mass is 10.2. The number of esters is 1. The molecule has 2 aromatic rings. The van der Waals surface area contributed by atoms with Crippen LogP contribution in [0.3, 0.4) is 0 Å². The number of benzene rings is 1. The molecule has 0 spiro atoms. The molecule has 0 saturated heterocycles. The van der Waals surface area contributed by atoms with Gasteiger partial charge >= 0.3 is 5.97 Å². The summed E-state index contributed by atoms with van der Waals surface area (Å²) in [6, 6.07) is 10.1. The summed E-state index contributed by atoms with van der Waals surface area (Å²) >= 11 is 0. The molecule has 0 amide bonds. The number of aryl methyl sites for hydroxylation is 1. The Morgan fingerprint density at radius 2 is 2.14 bits per heavy atom. The van der Waals surface area contributed by atoms with Crippen LogP contribution in [0.4, 0.5) is 0 Å². The molecule has 2 rings (SSSR count). The Bertz CT molecular complexity index is 591. The van der Waals surface area contributed by atoms with Crippen LogP contribution in [0.2, 0.25) is 0 Å². The van der Waals surface area contributed by atoms with Crippen molar-refractivity contribution in [1.82, 2.24) is 15.0 Å². The van der Waals surface area contributed by atoms with Crippen LogP contribution in [0.15, 0.2) is 48.7 Å². The molecular formula is C16H19N3O2. The molecule has 110 valence electrons. The molecule has 1 aromatic carbocycles. The van der Waals surface area contributed by atoms with E-state index < -0.39 is 0 Å². The fraction of sp³-hybridized carbons (Fsp3) is 0.312. The van der Waals surface area contributed by atoms with Gasteiger partial charge in [-0.2, -0.15) is 0 Å². The van der Waals surface area contributed by atoms with E-state index in [1.807, 2.05) is 29.1 Å². The molecule has 0 aliphatic carbocycles. The molecule has 0 unspecified atom stereocenters. The molecule has 0 bridgehead atoms. The summed E-state index contributed by atoms with van der Waals surface area (Å²) in [5.41, 5.74) is 2.11. The van der Waals surface area contributed by atoms with Crippen LogP contribution in [0, 0.1) is 0 Å². The van der Waals surface area contributed by atoms with Gasteiger partial charge in [0.2, 0.25) is 0 Å². The topological polar surface area (TPSA) is 57.0 Å². The van der Waals surface area contributed by atoms with Gasteiger partial charge in [0.1, 0.15) is 0 Å². The van der Waals surface area contributed by atoms with Gasteiger partial charge in [0.05, 0.1) is 18.8 Å². The van der Waals surface area contributed by atoms with Crippen molar-refractivity contribution in [3.8, 4) is 0 Å². The highest BCUT2D eigenvalue weighted by Gasteiger charge is 2.01. The van der Waals surface area contributed by atoms with Crippen LogP contribution in [0.25, 0.3) is 0 Å². The lowest BCUT2D eigenvalue weighted by molar-refractivity contribution is -0.137. The summed E-state index contributed by atoms with van der Waals surface area (Å²) in [5, 5.41) is 8.23. The number of rotatable bonds is 7. The third-order valence-corrected chi connectivity index (χ3v) is 2.88. The first-order chi connectivity index (χ1) is 10.3. The predicted molar refractivity (Wildman–Crippen MR) is 79.7 cm³/mol. The molecule has 0 fully saturated rings. The van der Waals surface area contributed by atoms with Crippen molar-refractivity contribution in [3.05, 3.63) is 59.9 Å². The van der Waals surface area contributed by atoms with Gasteiger partial charge in [-0.15, -0.1) is 5.10 Å². The molecule has 5 heteroatoms. The number of hydrogen-bond acceptors (Lipinski definition) is 4. The molecule has 0 atom stereocenters. The highest BCUT2D eigenvalue weighted by molar-refractivity contribution is 5.81. The number of carbonyl (C=O) groups is 1. The normalized spacial score (nSPS) is 10.9. The number of allylic oxidation sites excluding steroid dienone is 1. The quantitative estimate of drug-likeness (QED) is 0.579. The molecule has 1 aromatic heterocycles. The van der Waals surface area contributed by atoms with E-state index in [1.54, 1.807) is 13.0 Å². The van der Waals surface area contributed by atoms with Crippen molar-refractivity contribution in [2.45, 2.75) is 26.3 Å². The van der Waals surface area contributed by atoms with E-state index >= 15 is 0 Å². The third kappa shape index (κ3) is 5.22. The lowest BCUT2D eigenvalue weighted by Gasteiger charge is -1.99. The van der Waals surface area contributed by atoms with Gasteiger partial charge in [0.25, 0.3) is 0 Å². The molecule has 5 nitrogen and oxygen atoms in total. The van der Waals surface area contributed by atoms with Crippen molar-refractivity contribution < 1.29 is 9.53 Å². The Balaban J connectivity index is 1.79. The SMILES string of the molecule is CCOC(=O)/C=C/CCc1cn(Cc2ccccc2)nn1. The zero-order valence-electron chi connectivity index (χ0n) is 12.1. The van der Waals surface area contributed by atoms with Crippen LogP contribution < -0.4 is 0 Å². The van der Waals surface area contributed by atoms with Crippen molar-refractivity contribution in [3.63, 3.8) is 0 Å². The summed E-state index contributed by atoms with van der Waals surface area (Å²) in [7, 11) is 0. The number of carbonyl (C=O) groups excluding carboxylic acids is 1. The molecule has 0 N–H and O–H groups in total. The van der Waals surface area contributed by atoms with Gasteiger partial charge < -0.3 is 4.74 Å². The highest BCUT2D eigenvalue weighted by Crippen LogP contribution is 2.04. The fourth-order valence-electron chi connectivity index (χ4n) is 1.90. The Hall–Kier alpha value is -2.43. The van der Waals surface area contributed by atoms with E-state index in [9.17, 15) is 4.79 Å². The van der Waals surface area contributed by atoms with E-state index in [-0.39, 0.29) is 5.97 Å². The van der Waals surface area contributed by atoms with Crippen LogP contribution in [0.1, 0.15) is 24.6 Å². The van der Waals surface area contributed by atoms with Crippen molar-refractivity contribution in [2.75, 3.05) is 6.61 Å². The van der Waals surface area contributed by atoms with Gasteiger partial charge in [-0.05, 0) is 25.3 Å². The van der Waals surface area contributed by atoms with E-state index in [0.29, 0.717) is 13.2 Å². The largest absolute Gasteiger partial charge is 0.463 e. The van der Waals surface area contributed by atoms with Crippen LogP contribution in [0.5, 0.6) is 0 Å². The fourth-order valence-corrected chi connectivity index (χ4v) is 1.90. The molecular weight excluding hydrogens is 266 g/mol. The van der Waals surface area contributed by atoms with Gasteiger partial charge in [0, 0.05) is 12.3 Å². The van der Waals surface area contributed by atoms with Gasteiger partial charge in [0.15, 0.2) is 0 Å². The third-order valence-electron chi connectivity index (χ3n) is 2.88. The van der Waals surface area contributed by atoms with Crippen molar-refractivity contribution in [1.29, 1.82) is 0 Å². The van der Waals surface area contributed by atoms with Crippen molar-refractivity contribution in [2.24, 2.45) is 0 Å². The Morgan fingerprint density at radius 3 is 2.90 bits per heavy atom. The van der Waals surface area contributed by atoms with E-state index in [4.69, 9.17) is 4.74 Å². The van der Waals surface area contributed by atoms with Gasteiger partial charge in [-0.1, -0.05) is 41.6 Å². The highest BCUT2D eigenvalue weighted by atomic mass is 16.5. The van der Waals surface area contributed by atoms with Crippen LogP contribution in [-0.2, 0) is 22.5 Å². The lowest BCUT2D eigenvalue weighted by Crippen LogP contribution is -1.99. The molecule has 0 aliphatic rings. The van der Waals surface area contributed by atoms with Crippen LogP contribution >= 0.6 is 0 Å². The number of hydrogen-bond donors (Lipinski definition) is 0. The molecule has 1 heterocycles. The first-order valence-electron chi connectivity index (χ1n) is 7.04. The van der Waals surface area contributed by atoms with Crippen molar-refractivity contribution >= 4 is 5.97 Å². The predicted octanol–water partition coefficient (Wildman–Crippen LogP) is 2.38. The number of ether oxygens (including phenoxy) is 1. The summed E-state index contributed by atoms with van der Waals surface area (Å²) < 4.78 is 6.63. The average Bonchev–Trinajstić information content (AvgIpc) is 2.92. The number of aromatic nitrogens is 3. The van der Waals surface area contributed by atoms with Gasteiger partial charge in [-0.25, -0.2) is 9.48 Å². The second-order valence-electron chi connectivity index (χ2n) is 4.59. The maximum Gasteiger partial charge on any atom is 0.330 e. The van der Waals surface area contributed by atoms with Gasteiger partial charge in [-0.3, -0.25) is 0 Å². The minimum Gasteiger partial charge on any atom is -0.463 e. The molecule has 21 heavy (non-hydrogen) atoms. The zero-order chi connectivity index (χ0) is 14.9. The monoisotopic (exact) mass is 285 g/mol. The van der Waals surface area contributed by atoms with Crippen LogP contribution in [-0.4, -0.2) is 27.6 Å². The standard InChI is InChI=1S/C16H19N3O2/c1-2-21-16(20)11-7-6-10-15-13-19(18-17-15)12-14-8-4-3-5-9-14/h3-5,7-9,11,13H,2,6,10,12H2,1H3/b11-7+. The maximum atomic E-state index is 11.1. The Labute approximate surface area is 124 Å². The molecule has 0 saturated carbocycles. The van der Waals surface area contributed by atoms with E-state index in [2.05, 4.69) is 22.4 Å². The summed E-state index contributed by atoms with van der Waals surface area (Å²) in [6.45, 7) is 2.90. The summed E-state index contributed by atoms with van der Waals surface area (Å²) in [6.07, 6.45) is 6.69. The smallest absolute Gasteiger partial charge is 0.330 e. The van der Waals surface area contributed by atoms with E-state index in [1.165, 1.54) is 11.6 Å². The van der Waals surface area contributed by atoms with E-state index in [0.717, 1.165) is 18.5 Å².